The molecule has 0 atom stereocenters. The van der Waals surface area contributed by atoms with Gasteiger partial charge in [0.25, 0.3) is 0 Å². The summed E-state index contributed by atoms with van der Waals surface area (Å²) in [6, 6.07) is 14.1. The quantitative estimate of drug-likeness (QED) is 0.712. The number of nitriles is 1. The molecule has 0 unspecified atom stereocenters. The fourth-order valence-corrected chi connectivity index (χ4v) is 3.53. The van der Waals surface area contributed by atoms with E-state index in [0.29, 0.717) is 19.5 Å². The van der Waals surface area contributed by atoms with Gasteiger partial charge in [-0.25, -0.2) is 0 Å². The monoisotopic (exact) mass is 355 g/mol. The van der Waals surface area contributed by atoms with Gasteiger partial charge >= 0.3 is 0 Å². The van der Waals surface area contributed by atoms with Crippen molar-refractivity contribution in [2.24, 2.45) is 0 Å². The summed E-state index contributed by atoms with van der Waals surface area (Å²) in [5.74, 6) is 0.0318. The number of thiophene rings is 1. The van der Waals surface area contributed by atoms with Gasteiger partial charge in [-0.1, -0.05) is 18.2 Å². The van der Waals surface area contributed by atoms with Gasteiger partial charge in [-0.15, -0.1) is 11.3 Å². The molecule has 0 aliphatic heterocycles. The minimum absolute atomic E-state index is 0.0318. The first kappa shape index (κ1) is 19.2. The maximum Gasteiger partial charge on any atom is 0.241 e. The zero-order valence-electron chi connectivity index (χ0n) is 15.1. The van der Waals surface area contributed by atoms with Crippen molar-refractivity contribution in [1.29, 1.82) is 5.26 Å². The fourth-order valence-electron chi connectivity index (χ4n) is 2.60. The number of aryl methyl sites for hydroxylation is 1. The summed E-state index contributed by atoms with van der Waals surface area (Å²) < 4.78 is 0. The second kappa shape index (κ2) is 9.36. The lowest BCUT2D eigenvalue weighted by Crippen LogP contribution is -2.43. The van der Waals surface area contributed by atoms with E-state index in [9.17, 15) is 4.79 Å². The van der Waals surface area contributed by atoms with Gasteiger partial charge in [-0.2, -0.15) is 5.26 Å². The fraction of sp³-hybridized carbons (Fsp3) is 0.400. The highest BCUT2D eigenvalue weighted by Gasteiger charge is 2.21. The summed E-state index contributed by atoms with van der Waals surface area (Å²) in [4.78, 5) is 18.2. The third-order valence-electron chi connectivity index (χ3n) is 4.20. The minimum Gasteiger partial charge on any atom is -0.310 e. The van der Waals surface area contributed by atoms with Crippen molar-refractivity contribution >= 4 is 22.9 Å². The second-order valence-corrected chi connectivity index (χ2v) is 7.32. The largest absolute Gasteiger partial charge is 0.310 e. The molecule has 0 saturated carbocycles. The molecule has 1 aromatic carbocycles. The summed E-state index contributed by atoms with van der Waals surface area (Å²) >= 11 is 1.73. The van der Waals surface area contributed by atoms with Crippen LogP contribution in [0.25, 0.3) is 0 Å². The van der Waals surface area contributed by atoms with Gasteiger partial charge < -0.3 is 4.90 Å². The molecule has 0 bridgehead atoms. The zero-order valence-corrected chi connectivity index (χ0v) is 15.9. The predicted octanol–water partition coefficient (Wildman–Crippen LogP) is 4.21. The number of nitrogens with zero attached hydrogens (tertiary/aromatic N) is 3. The van der Waals surface area contributed by atoms with Crippen LogP contribution in [0.15, 0.2) is 41.8 Å². The molecular weight excluding hydrogens is 330 g/mol. The number of para-hydroxylation sites is 1. The van der Waals surface area contributed by atoms with Crippen molar-refractivity contribution in [2.45, 2.75) is 39.8 Å². The standard InChI is InChI=1S/C20H25N3OS/c1-16(2)22(14-19-17(3)10-13-25-19)15-20(24)23(12-7-11-21)18-8-5-4-6-9-18/h4-6,8-10,13,16H,7,12,14-15H2,1-3H3. The van der Waals surface area contributed by atoms with Crippen LogP contribution >= 0.6 is 11.3 Å². The van der Waals surface area contributed by atoms with Crippen LogP contribution in [-0.2, 0) is 11.3 Å². The third kappa shape index (κ3) is 5.42. The third-order valence-corrected chi connectivity index (χ3v) is 5.21. The van der Waals surface area contributed by atoms with E-state index < -0.39 is 0 Å². The average molecular weight is 356 g/mol. The highest BCUT2D eigenvalue weighted by atomic mass is 32.1. The lowest BCUT2D eigenvalue weighted by Gasteiger charge is -2.29. The van der Waals surface area contributed by atoms with Crippen molar-refractivity contribution in [3.8, 4) is 6.07 Å². The molecule has 1 heterocycles. The van der Waals surface area contributed by atoms with Crippen molar-refractivity contribution in [2.75, 3.05) is 18.0 Å². The van der Waals surface area contributed by atoms with Crippen LogP contribution in [0.3, 0.4) is 0 Å². The molecule has 1 amide bonds. The van der Waals surface area contributed by atoms with Gasteiger partial charge in [-0.3, -0.25) is 9.69 Å². The Morgan fingerprint density at radius 1 is 1.24 bits per heavy atom. The summed E-state index contributed by atoms with van der Waals surface area (Å²) in [6.45, 7) is 7.86. The highest BCUT2D eigenvalue weighted by molar-refractivity contribution is 7.10. The first-order valence-corrected chi connectivity index (χ1v) is 9.40. The van der Waals surface area contributed by atoms with Gasteiger partial charge in [0, 0.05) is 29.7 Å². The van der Waals surface area contributed by atoms with Crippen LogP contribution in [0.5, 0.6) is 0 Å². The number of hydrogen-bond donors (Lipinski definition) is 0. The molecule has 0 saturated heterocycles. The van der Waals surface area contributed by atoms with Crippen molar-refractivity contribution in [3.05, 3.63) is 52.2 Å². The van der Waals surface area contributed by atoms with Gasteiger partial charge in [0.15, 0.2) is 0 Å². The molecule has 0 N–H and O–H groups in total. The van der Waals surface area contributed by atoms with Crippen LogP contribution in [0, 0.1) is 18.3 Å². The lowest BCUT2D eigenvalue weighted by molar-refractivity contribution is -0.120. The Labute approximate surface area is 154 Å². The summed E-state index contributed by atoms with van der Waals surface area (Å²) in [6.07, 6.45) is 0.326. The van der Waals surface area contributed by atoms with E-state index in [1.54, 1.807) is 16.2 Å². The van der Waals surface area contributed by atoms with Gasteiger partial charge in [0.1, 0.15) is 0 Å². The second-order valence-electron chi connectivity index (χ2n) is 6.31. The van der Waals surface area contributed by atoms with Crippen molar-refractivity contribution < 1.29 is 4.79 Å². The SMILES string of the molecule is Cc1ccsc1CN(CC(=O)N(CCC#N)c1ccccc1)C(C)C. The Hall–Kier alpha value is -2.16. The Morgan fingerprint density at radius 3 is 2.52 bits per heavy atom. The van der Waals surface area contributed by atoms with Crippen LogP contribution in [0.2, 0.25) is 0 Å². The van der Waals surface area contributed by atoms with E-state index >= 15 is 0 Å². The molecule has 2 aromatic rings. The summed E-state index contributed by atoms with van der Waals surface area (Å²) in [5, 5.41) is 11.0. The molecule has 0 aliphatic carbocycles. The number of benzene rings is 1. The van der Waals surface area contributed by atoms with E-state index in [4.69, 9.17) is 5.26 Å². The van der Waals surface area contributed by atoms with E-state index in [0.717, 1.165) is 12.2 Å². The van der Waals surface area contributed by atoms with E-state index in [2.05, 4.69) is 43.2 Å². The number of rotatable bonds is 8. The average Bonchev–Trinajstić information content (AvgIpc) is 3.00. The molecule has 1 aromatic heterocycles. The Bertz CT molecular complexity index is 718. The molecular formula is C20H25N3OS. The molecule has 2 rings (SSSR count). The molecule has 0 aliphatic rings. The number of hydrogen-bond acceptors (Lipinski definition) is 4. The van der Waals surface area contributed by atoms with Crippen LogP contribution in [0.1, 0.15) is 30.7 Å². The Morgan fingerprint density at radius 2 is 1.96 bits per heavy atom. The van der Waals surface area contributed by atoms with Crippen LogP contribution < -0.4 is 4.90 Å². The first-order valence-electron chi connectivity index (χ1n) is 8.52. The Balaban J connectivity index is 2.13. The normalized spacial score (nSPS) is 10.9. The lowest BCUT2D eigenvalue weighted by atomic mass is 10.2. The van der Waals surface area contributed by atoms with Crippen LogP contribution in [-0.4, -0.2) is 29.9 Å². The molecule has 4 nitrogen and oxygen atoms in total. The smallest absolute Gasteiger partial charge is 0.241 e. The zero-order chi connectivity index (χ0) is 18.2. The predicted molar refractivity (Wildman–Crippen MR) is 104 cm³/mol. The molecule has 25 heavy (non-hydrogen) atoms. The molecule has 132 valence electrons. The first-order chi connectivity index (χ1) is 12.0. The number of amides is 1. The van der Waals surface area contributed by atoms with Crippen molar-refractivity contribution in [3.63, 3.8) is 0 Å². The molecule has 0 fully saturated rings. The molecule has 5 heteroatoms. The maximum absolute atomic E-state index is 13.0. The number of carbonyl (C=O) groups excluding carboxylic acids is 1. The van der Waals surface area contributed by atoms with E-state index in [1.807, 2.05) is 30.3 Å². The molecule has 0 spiro atoms. The molecule has 0 radical (unpaired) electrons. The van der Waals surface area contributed by atoms with E-state index in [-0.39, 0.29) is 11.9 Å². The Kier molecular flexibility index (Phi) is 7.17. The highest BCUT2D eigenvalue weighted by Crippen LogP contribution is 2.20. The van der Waals surface area contributed by atoms with Crippen LogP contribution in [0.4, 0.5) is 5.69 Å². The number of carbonyl (C=O) groups is 1. The van der Waals surface area contributed by atoms with E-state index in [1.165, 1.54) is 10.4 Å². The number of anilines is 1. The maximum atomic E-state index is 13.0. The minimum atomic E-state index is 0.0318. The van der Waals surface area contributed by atoms with Crippen molar-refractivity contribution in [1.82, 2.24) is 4.90 Å². The topological polar surface area (TPSA) is 47.3 Å². The summed E-state index contributed by atoms with van der Waals surface area (Å²) in [5.41, 5.74) is 2.12. The van der Waals surface area contributed by atoms with Gasteiger partial charge in [-0.05, 0) is 49.9 Å². The summed E-state index contributed by atoms with van der Waals surface area (Å²) in [7, 11) is 0. The van der Waals surface area contributed by atoms with Gasteiger partial charge in [0.05, 0.1) is 19.0 Å². The van der Waals surface area contributed by atoms with Gasteiger partial charge in [0.2, 0.25) is 5.91 Å².